The van der Waals surface area contributed by atoms with Gasteiger partial charge in [-0.1, -0.05) is 47.5 Å². The first-order chi connectivity index (χ1) is 13.0. The highest BCUT2D eigenvalue weighted by Gasteiger charge is 2.38. The predicted octanol–water partition coefficient (Wildman–Crippen LogP) is 3.34. The molecule has 1 fully saturated rings. The Morgan fingerprint density at radius 1 is 1.19 bits per heavy atom. The van der Waals surface area contributed by atoms with Gasteiger partial charge in [0.05, 0.1) is 17.6 Å². The van der Waals surface area contributed by atoms with E-state index in [-0.39, 0.29) is 31.0 Å². The van der Waals surface area contributed by atoms with Crippen LogP contribution in [-0.4, -0.2) is 47.9 Å². The summed E-state index contributed by atoms with van der Waals surface area (Å²) in [5.41, 5.74) is 2.36. The Morgan fingerprint density at radius 3 is 2.81 bits per heavy atom. The number of fused-ring (bicyclic) bond motifs is 3. The zero-order chi connectivity index (χ0) is 19.0. The fourth-order valence-corrected chi connectivity index (χ4v) is 4.15. The molecule has 2 aliphatic heterocycles. The summed E-state index contributed by atoms with van der Waals surface area (Å²) in [4.78, 5) is 28.7. The number of ether oxygens (including phenoxy) is 1. The maximum absolute atomic E-state index is 12.6. The van der Waals surface area contributed by atoms with Crippen molar-refractivity contribution < 1.29 is 14.3 Å². The number of carbonyl (C=O) groups is 2. The molecule has 0 N–H and O–H groups in total. The molecule has 1 unspecified atom stereocenters. The molecule has 1 saturated heterocycles. The second-order valence-corrected chi connectivity index (χ2v) is 7.53. The molecule has 2 amide bonds. The molecular weight excluding hydrogens is 387 g/mol. The standard InChI is InChI=1S/C20H18Cl2N2O3/c21-14-5-6-18(16(22)9-14)27-12-20(26)23-10-17-15-4-2-1-3-13(15)7-8-24(17)19(25)11-23/h1-6,9,17H,7-8,10-12H2. The summed E-state index contributed by atoms with van der Waals surface area (Å²) in [7, 11) is 0. The summed E-state index contributed by atoms with van der Waals surface area (Å²) < 4.78 is 5.54. The number of piperazine rings is 1. The lowest BCUT2D eigenvalue weighted by Crippen LogP contribution is -2.56. The SMILES string of the molecule is O=C(COc1ccc(Cl)cc1Cl)N1CC(=O)N2CCc3ccccc3C2C1. The van der Waals surface area contributed by atoms with Gasteiger partial charge in [-0.05, 0) is 35.7 Å². The molecule has 0 radical (unpaired) electrons. The topological polar surface area (TPSA) is 49.9 Å². The first-order valence-electron chi connectivity index (χ1n) is 8.76. The molecule has 2 heterocycles. The molecular formula is C20H18Cl2N2O3. The van der Waals surface area contributed by atoms with Gasteiger partial charge in [0, 0.05) is 18.1 Å². The third kappa shape index (κ3) is 3.62. The summed E-state index contributed by atoms with van der Waals surface area (Å²) in [6, 6.07) is 12.8. The Kier molecular flexibility index (Phi) is 4.98. The lowest BCUT2D eigenvalue weighted by Gasteiger charge is -2.44. The molecule has 4 rings (SSSR count). The van der Waals surface area contributed by atoms with Gasteiger partial charge in [-0.2, -0.15) is 0 Å². The van der Waals surface area contributed by atoms with Crippen LogP contribution in [0.3, 0.4) is 0 Å². The molecule has 7 heteroatoms. The predicted molar refractivity (Wildman–Crippen MR) is 103 cm³/mol. The van der Waals surface area contributed by atoms with Crippen molar-refractivity contribution in [3.05, 3.63) is 63.6 Å². The number of benzene rings is 2. The summed E-state index contributed by atoms with van der Waals surface area (Å²) in [5.74, 6) is 0.123. The van der Waals surface area contributed by atoms with Crippen LogP contribution in [0, 0.1) is 0 Å². The van der Waals surface area contributed by atoms with Crippen molar-refractivity contribution in [1.29, 1.82) is 0 Å². The Hall–Kier alpha value is -2.24. The quantitative estimate of drug-likeness (QED) is 0.787. The van der Waals surface area contributed by atoms with E-state index in [0.717, 1.165) is 12.0 Å². The number of nitrogens with zero attached hydrogens (tertiary/aromatic N) is 2. The minimum atomic E-state index is -0.239. The third-order valence-electron chi connectivity index (χ3n) is 5.05. The molecule has 0 saturated carbocycles. The van der Waals surface area contributed by atoms with Gasteiger partial charge in [-0.25, -0.2) is 0 Å². The summed E-state index contributed by atoms with van der Waals surface area (Å²) >= 11 is 11.9. The van der Waals surface area contributed by atoms with E-state index in [1.807, 2.05) is 23.1 Å². The van der Waals surface area contributed by atoms with Crippen LogP contribution in [0.15, 0.2) is 42.5 Å². The van der Waals surface area contributed by atoms with Crippen LogP contribution in [0.2, 0.25) is 10.0 Å². The largest absolute Gasteiger partial charge is 0.482 e. The molecule has 5 nitrogen and oxygen atoms in total. The minimum absolute atomic E-state index is 0.0290. The smallest absolute Gasteiger partial charge is 0.261 e. The van der Waals surface area contributed by atoms with Crippen LogP contribution in [0.25, 0.3) is 0 Å². The Morgan fingerprint density at radius 2 is 2.00 bits per heavy atom. The van der Waals surface area contributed by atoms with Gasteiger partial charge in [0.15, 0.2) is 6.61 Å². The molecule has 2 aromatic carbocycles. The highest BCUT2D eigenvalue weighted by Crippen LogP contribution is 2.33. The van der Waals surface area contributed by atoms with Crippen molar-refractivity contribution in [2.24, 2.45) is 0 Å². The van der Waals surface area contributed by atoms with Gasteiger partial charge < -0.3 is 14.5 Å². The molecule has 0 bridgehead atoms. The number of rotatable bonds is 3. The summed E-state index contributed by atoms with van der Waals surface area (Å²) in [6.45, 7) is 1.07. The van der Waals surface area contributed by atoms with E-state index >= 15 is 0 Å². The van der Waals surface area contributed by atoms with Gasteiger partial charge >= 0.3 is 0 Å². The Balaban J connectivity index is 1.47. The zero-order valence-corrected chi connectivity index (χ0v) is 16.0. The number of hydrogen-bond donors (Lipinski definition) is 0. The molecule has 0 aromatic heterocycles. The molecule has 2 aliphatic rings. The van der Waals surface area contributed by atoms with Gasteiger partial charge in [0.1, 0.15) is 5.75 Å². The van der Waals surface area contributed by atoms with E-state index in [2.05, 4.69) is 6.07 Å². The molecule has 1 atom stereocenters. The molecule has 140 valence electrons. The fraction of sp³-hybridized carbons (Fsp3) is 0.300. The normalized spacial score (nSPS) is 18.7. The Labute approximate surface area is 167 Å². The molecule has 0 spiro atoms. The van der Waals surface area contributed by atoms with Crippen molar-refractivity contribution in [3.8, 4) is 5.75 Å². The van der Waals surface area contributed by atoms with Gasteiger partial charge in [0.25, 0.3) is 5.91 Å². The van der Waals surface area contributed by atoms with Crippen molar-refractivity contribution in [2.45, 2.75) is 12.5 Å². The first-order valence-corrected chi connectivity index (χ1v) is 9.51. The van der Waals surface area contributed by atoms with E-state index in [1.54, 1.807) is 23.1 Å². The maximum Gasteiger partial charge on any atom is 0.261 e. The maximum atomic E-state index is 12.6. The number of hydrogen-bond acceptors (Lipinski definition) is 3. The number of amides is 2. The van der Waals surface area contributed by atoms with E-state index in [9.17, 15) is 9.59 Å². The Bertz CT molecular complexity index is 903. The average Bonchev–Trinajstić information content (AvgIpc) is 2.66. The van der Waals surface area contributed by atoms with Crippen molar-refractivity contribution in [1.82, 2.24) is 9.80 Å². The van der Waals surface area contributed by atoms with Crippen molar-refractivity contribution >= 4 is 35.0 Å². The fourth-order valence-electron chi connectivity index (χ4n) is 3.69. The summed E-state index contributed by atoms with van der Waals surface area (Å²) in [6.07, 6.45) is 0.852. The van der Waals surface area contributed by atoms with Crippen LogP contribution in [0.5, 0.6) is 5.75 Å². The van der Waals surface area contributed by atoms with E-state index in [0.29, 0.717) is 28.9 Å². The van der Waals surface area contributed by atoms with Crippen LogP contribution < -0.4 is 4.74 Å². The summed E-state index contributed by atoms with van der Waals surface area (Å²) in [5, 5.41) is 0.841. The average molecular weight is 405 g/mol. The van der Waals surface area contributed by atoms with E-state index in [1.165, 1.54) is 5.56 Å². The zero-order valence-electron chi connectivity index (χ0n) is 14.5. The number of halogens is 2. The van der Waals surface area contributed by atoms with Gasteiger partial charge in [-0.3, -0.25) is 9.59 Å². The van der Waals surface area contributed by atoms with Gasteiger partial charge in [-0.15, -0.1) is 0 Å². The second-order valence-electron chi connectivity index (χ2n) is 6.69. The highest BCUT2D eigenvalue weighted by atomic mass is 35.5. The van der Waals surface area contributed by atoms with Crippen molar-refractivity contribution in [2.75, 3.05) is 26.2 Å². The van der Waals surface area contributed by atoms with Gasteiger partial charge in [0.2, 0.25) is 5.91 Å². The van der Waals surface area contributed by atoms with Crippen LogP contribution in [0.4, 0.5) is 0 Å². The number of carbonyl (C=O) groups excluding carboxylic acids is 2. The monoisotopic (exact) mass is 404 g/mol. The first kappa shape index (κ1) is 18.1. The third-order valence-corrected chi connectivity index (χ3v) is 5.58. The molecule has 0 aliphatic carbocycles. The van der Waals surface area contributed by atoms with Crippen LogP contribution in [0.1, 0.15) is 17.2 Å². The van der Waals surface area contributed by atoms with E-state index < -0.39 is 0 Å². The second kappa shape index (κ2) is 7.41. The van der Waals surface area contributed by atoms with Crippen LogP contribution >= 0.6 is 23.2 Å². The van der Waals surface area contributed by atoms with Crippen molar-refractivity contribution in [3.63, 3.8) is 0 Å². The molecule has 27 heavy (non-hydrogen) atoms. The highest BCUT2D eigenvalue weighted by molar-refractivity contribution is 6.35. The van der Waals surface area contributed by atoms with E-state index in [4.69, 9.17) is 27.9 Å². The molecule has 2 aromatic rings. The lowest BCUT2D eigenvalue weighted by molar-refractivity contribution is -0.150. The lowest BCUT2D eigenvalue weighted by atomic mass is 9.91. The minimum Gasteiger partial charge on any atom is -0.482 e. The van der Waals surface area contributed by atoms with Crippen LogP contribution in [-0.2, 0) is 16.0 Å².